The number of benzene rings is 1. The fourth-order valence-electron chi connectivity index (χ4n) is 1.90. The second-order valence-electron chi connectivity index (χ2n) is 4.24. The van der Waals surface area contributed by atoms with Gasteiger partial charge in [0.05, 0.1) is 11.5 Å². The van der Waals surface area contributed by atoms with Gasteiger partial charge in [-0.1, -0.05) is 12.1 Å². The molecule has 0 bridgehead atoms. The van der Waals surface area contributed by atoms with Crippen LogP contribution < -0.4 is 4.72 Å². The van der Waals surface area contributed by atoms with Crippen molar-refractivity contribution in [3.8, 4) is 0 Å². The molecule has 108 valence electrons. The van der Waals surface area contributed by atoms with Crippen LogP contribution in [0.1, 0.15) is 25.3 Å². The van der Waals surface area contributed by atoms with Crippen LogP contribution in [-0.4, -0.2) is 33.4 Å². The summed E-state index contributed by atoms with van der Waals surface area (Å²) in [6.07, 6.45) is 0.797. The number of ether oxygens (including phenoxy) is 1. The fourth-order valence-corrected chi connectivity index (χ4v) is 3.15. The predicted octanol–water partition coefficient (Wildman–Crippen LogP) is 1.07. The van der Waals surface area contributed by atoms with Crippen LogP contribution in [0.5, 0.6) is 0 Å². The third-order valence-corrected chi connectivity index (χ3v) is 4.17. The molecule has 0 saturated heterocycles. The van der Waals surface area contributed by atoms with E-state index in [1.165, 1.54) is 0 Å². The highest BCUT2D eigenvalue weighted by molar-refractivity contribution is 7.90. The van der Waals surface area contributed by atoms with Gasteiger partial charge in [-0.15, -0.1) is 0 Å². The lowest BCUT2D eigenvalue weighted by Gasteiger charge is -2.01. The quantitative estimate of drug-likeness (QED) is 0.650. The molecule has 1 N–H and O–H groups in total. The molecule has 0 unspecified atom stereocenters. The second-order valence-corrected chi connectivity index (χ2v) is 5.89. The van der Waals surface area contributed by atoms with Crippen molar-refractivity contribution >= 4 is 21.8 Å². The van der Waals surface area contributed by atoms with E-state index < -0.39 is 10.0 Å². The Balaban J connectivity index is 2.01. The van der Waals surface area contributed by atoms with E-state index in [4.69, 9.17) is 4.74 Å². The van der Waals surface area contributed by atoms with E-state index in [1.54, 1.807) is 31.2 Å². The highest BCUT2D eigenvalue weighted by atomic mass is 32.2. The minimum absolute atomic E-state index is 0.240. The Bertz CT molecular complexity index is 638. The summed E-state index contributed by atoms with van der Waals surface area (Å²) in [6.45, 7) is 2.48. The topological polar surface area (TPSA) is 84.8 Å². The lowest BCUT2D eigenvalue weighted by molar-refractivity contribution is -0.143. The van der Waals surface area contributed by atoms with E-state index in [1.807, 2.05) is 0 Å². The standard InChI is InChI=1S/C13H16N2O4S/c1-2-19-12(16)8-5-9-14-13-10-6-3-4-7-11(10)20(17,18)15-13/h3-4,6-7H,2,5,8-9H2,1H3,(H,14,15). The summed E-state index contributed by atoms with van der Waals surface area (Å²) in [5.41, 5.74) is 0.573. The highest BCUT2D eigenvalue weighted by Gasteiger charge is 2.29. The van der Waals surface area contributed by atoms with Crippen molar-refractivity contribution in [3.05, 3.63) is 29.8 Å². The molecular weight excluding hydrogens is 280 g/mol. The van der Waals surface area contributed by atoms with Crippen molar-refractivity contribution < 1.29 is 17.9 Å². The number of amidine groups is 1. The molecule has 0 radical (unpaired) electrons. The van der Waals surface area contributed by atoms with Crippen molar-refractivity contribution in [1.29, 1.82) is 0 Å². The molecule has 1 aromatic rings. The van der Waals surface area contributed by atoms with Crippen molar-refractivity contribution in [1.82, 2.24) is 4.72 Å². The average Bonchev–Trinajstić information content (AvgIpc) is 2.67. The lowest BCUT2D eigenvalue weighted by atomic mass is 10.2. The van der Waals surface area contributed by atoms with Crippen LogP contribution >= 0.6 is 0 Å². The van der Waals surface area contributed by atoms with E-state index in [9.17, 15) is 13.2 Å². The Labute approximate surface area is 117 Å². The first kappa shape index (κ1) is 14.5. The summed E-state index contributed by atoms with van der Waals surface area (Å²) >= 11 is 0. The molecule has 0 saturated carbocycles. The Kier molecular flexibility index (Phi) is 4.39. The lowest BCUT2D eigenvalue weighted by Crippen LogP contribution is -2.22. The average molecular weight is 296 g/mol. The Morgan fingerprint density at radius 3 is 2.85 bits per heavy atom. The maximum Gasteiger partial charge on any atom is 0.305 e. The van der Waals surface area contributed by atoms with Gasteiger partial charge in [0.25, 0.3) is 10.0 Å². The van der Waals surface area contributed by atoms with Crippen LogP contribution in [-0.2, 0) is 19.6 Å². The van der Waals surface area contributed by atoms with Gasteiger partial charge in [-0.3, -0.25) is 14.5 Å². The molecule has 1 aromatic carbocycles. The van der Waals surface area contributed by atoms with Gasteiger partial charge in [0.1, 0.15) is 5.84 Å². The van der Waals surface area contributed by atoms with E-state index in [-0.39, 0.29) is 17.3 Å². The number of fused-ring (bicyclic) bond motifs is 1. The Morgan fingerprint density at radius 1 is 1.35 bits per heavy atom. The molecule has 0 amide bonds. The third kappa shape index (κ3) is 3.16. The number of rotatable bonds is 5. The zero-order valence-corrected chi connectivity index (χ0v) is 11.9. The minimum atomic E-state index is -3.49. The molecule has 7 heteroatoms. The zero-order chi connectivity index (χ0) is 14.6. The van der Waals surface area contributed by atoms with Crippen molar-refractivity contribution in [3.63, 3.8) is 0 Å². The number of hydrogen-bond donors (Lipinski definition) is 1. The summed E-state index contributed by atoms with van der Waals surface area (Å²) in [4.78, 5) is 15.6. The predicted molar refractivity (Wildman–Crippen MR) is 74.0 cm³/mol. The largest absolute Gasteiger partial charge is 0.466 e. The normalized spacial score (nSPS) is 17.6. The summed E-state index contributed by atoms with van der Waals surface area (Å²) in [6, 6.07) is 6.67. The van der Waals surface area contributed by atoms with Crippen LogP contribution in [0.15, 0.2) is 34.2 Å². The molecule has 2 rings (SSSR count). The smallest absolute Gasteiger partial charge is 0.305 e. The van der Waals surface area contributed by atoms with Gasteiger partial charge in [0, 0.05) is 18.5 Å². The number of sulfonamides is 1. The number of nitrogens with zero attached hydrogens (tertiary/aromatic N) is 1. The van der Waals surface area contributed by atoms with E-state index in [2.05, 4.69) is 9.71 Å². The zero-order valence-electron chi connectivity index (χ0n) is 11.1. The third-order valence-electron chi connectivity index (χ3n) is 2.78. The molecule has 0 fully saturated rings. The van der Waals surface area contributed by atoms with Crippen LogP contribution in [0.2, 0.25) is 0 Å². The molecule has 0 aliphatic carbocycles. The van der Waals surface area contributed by atoms with Gasteiger partial charge in [-0.2, -0.15) is 0 Å². The number of nitrogens with one attached hydrogen (secondary N) is 1. The van der Waals surface area contributed by atoms with Gasteiger partial charge in [0.2, 0.25) is 0 Å². The molecule has 6 nitrogen and oxygen atoms in total. The maximum atomic E-state index is 11.8. The maximum absolute atomic E-state index is 11.8. The van der Waals surface area contributed by atoms with Crippen molar-refractivity contribution in [2.45, 2.75) is 24.7 Å². The van der Waals surface area contributed by atoms with Gasteiger partial charge in [-0.05, 0) is 25.5 Å². The van der Waals surface area contributed by atoms with Crippen LogP contribution in [0.3, 0.4) is 0 Å². The highest BCUT2D eigenvalue weighted by Crippen LogP contribution is 2.22. The fraction of sp³-hybridized carbons (Fsp3) is 0.385. The number of hydrogen-bond acceptors (Lipinski definition) is 5. The Morgan fingerprint density at radius 2 is 2.10 bits per heavy atom. The van der Waals surface area contributed by atoms with E-state index in [0.29, 0.717) is 31.0 Å². The summed E-state index contributed by atoms with van der Waals surface area (Å²) in [5, 5.41) is 0. The van der Waals surface area contributed by atoms with Crippen LogP contribution in [0.25, 0.3) is 0 Å². The van der Waals surface area contributed by atoms with Crippen molar-refractivity contribution in [2.24, 2.45) is 4.99 Å². The summed E-state index contributed by atoms with van der Waals surface area (Å²) < 4.78 is 30.9. The molecule has 1 heterocycles. The molecule has 20 heavy (non-hydrogen) atoms. The van der Waals surface area contributed by atoms with Crippen LogP contribution in [0, 0.1) is 0 Å². The number of aliphatic imine (C=N–C) groups is 1. The molecular formula is C13H16N2O4S. The second kappa shape index (κ2) is 6.04. The summed E-state index contributed by atoms with van der Waals surface area (Å²) in [7, 11) is -3.49. The van der Waals surface area contributed by atoms with Gasteiger partial charge >= 0.3 is 5.97 Å². The first-order valence-corrected chi connectivity index (χ1v) is 7.85. The number of esters is 1. The Hall–Kier alpha value is -1.89. The molecule has 0 spiro atoms. The monoisotopic (exact) mass is 296 g/mol. The van der Waals surface area contributed by atoms with E-state index in [0.717, 1.165) is 0 Å². The van der Waals surface area contributed by atoms with Gasteiger partial charge < -0.3 is 4.74 Å². The number of carbonyl (C=O) groups is 1. The van der Waals surface area contributed by atoms with Crippen LogP contribution in [0.4, 0.5) is 0 Å². The van der Waals surface area contributed by atoms with Gasteiger partial charge in [0.15, 0.2) is 0 Å². The molecule has 0 atom stereocenters. The number of carbonyl (C=O) groups excluding carboxylic acids is 1. The molecule has 1 aliphatic rings. The first-order chi connectivity index (χ1) is 9.54. The van der Waals surface area contributed by atoms with Crippen molar-refractivity contribution in [2.75, 3.05) is 13.2 Å². The minimum Gasteiger partial charge on any atom is -0.466 e. The molecule has 0 aromatic heterocycles. The van der Waals surface area contributed by atoms with E-state index >= 15 is 0 Å². The SMILES string of the molecule is CCOC(=O)CCCN=C1NS(=O)(=O)c2ccccc21. The van der Waals surface area contributed by atoms with Gasteiger partial charge in [-0.25, -0.2) is 8.42 Å². The first-order valence-electron chi connectivity index (χ1n) is 6.37. The summed E-state index contributed by atoms with van der Waals surface area (Å²) in [5.74, 6) is 0.0737. The molecule has 1 aliphatic heterocycles.